The summed E-state index contributed by atoms with van der Waals surface area (Å²) in [4.78, 5) is 16.5. The van der Waals surface area contributed by atoms with E-state index in [1.54, 1.807) is 6.92 Å². The Morgan fingerprint density at radius 1 is 1.15 bits per heavy atom. The molecule has 0 spiro atoms. The van der Waals surface area contributed by atoms with E-state index in [9.17, 15) is 30.8 Å². The van der Waals surface area contributed by atoms with Crippen LogP contribution in [0.3, 0.4) is 0 Å². The van der Waals surface area contributed by atoms with Gasteiger partial charge in [-0.3, -0.25) is 9.10 Å². The van der Waals surface area contributed by atoms with E-state index in [4.69, 9.17) is 0 Å². The van der Waals surface area contributed by atoms with Gasteiger partial charge in [0.25, 0.3) is 0 Å². The molecule has 0 saturated heterocycles. The Balaban J connectivity index is 2.18. The number of aromatic nitrogens is 1. The first kappa shape index (κ1) is 27.6. The van der Waals surface area contributed by atoms with Crippen molar-refractivity contribution >= 4 is 22.5 Å². The molecule has 6 nitrogen and oxygen atoms in total. The zero-order valence-electron chi connectivity index (χ0n) is 19.7. The largest absolute Gasteiger partial charge is 0.433 e. The van der Waals surface area contributed by atoms with E-state index in [1.807, 2.05) is 20.8 Å². The van der Waals surface area contributed by atoms with Crippen LogP contribution in [0.25, 0.3) is 0 Å². The van der Waals surface area contributed by atoms with Gasteiger partial charge in [-0.2, -0.15) is 13.2 Å². The van der Waals surface area contributed by atoms with Gasteiger partial charge in [-0.15, -0.1) is 0 Å². The first-order valence-corrected chi connectivity index (χ1v) is 11.7. The van der Waals surface area contributed by atoms with Gasteiger partial charge in [0.1, 0.15) is 11.5 Å². The van der Waals surface area contributed by atoms with Gasteiger partial charge in [0.2, 0.25) is 16.8 Å². The Morgan fingerprint density at radius 3 is 2.32 bits per heavy atom. The van der Waals surface area contributed by atoms with Crippen molar-refractivity contribution in [2.24, 2.45) is 5.41 Å². The summed E-state index contributed by atoms with van der Waals surface area (Å²) < 4.78 is 76.7. The Bertz CT molecular complexity index is 1100. The molecule has 2 rings (SSSR count). The molecular formula is C23H29F4N3O3S. The van der Waals surface area contributed by atoms with E-state index in [1.165, 1.54) is 25.2 Å². The number of carbonyl (C=O) groups is 1. The molecule has 0 aliphatic rings. The molecule has 0 radical (unpaired) electrons. The van der Waals surface area contributed by atoms with Gasteiger partial charge in [0.05, 0.1) is 11.6 Å². The van der Waals surface area contributed by atoms with Crippen molar-refractivity contribution in [3.63, 3.8) is 0 Å². The maximum Gasteiger partial charge on any atom is 0.433 e. The second-order valence-corrected chi connectivity index (χ2v) is 10.3. The molecule has 34 heavy (non-hydrogen) atoms. The van der Waals surface area contributed by atoms with Crippen LogP contribution in [0.5, 0.6) is 0 Å². The fraction of sp³-hybridized carbons (Fsp3) is 0.478. The molecule has 11 heteroatoms. The average Bonchev–Trinajstić information content (AvgIpc) is 2.73. The van der Waals surface area contributed by atoms with Crippen LogP contribution < -0.4 is 9.62 Å². The lowest BCUT2D eigenvalue weighted by molar-refractivity contribution is -0.141. The van der Waals surface area contributed by atoms with Crippen molar-refractivity contribution in [3.8, 4) is 0 Å². The number of hydrogen-bond donors (Lipinski definition) is 2. The van der Waals surface area contributed by atoms with Crippen LogP contribution in [-0.2, 0) is 34.8 Å². The van der Waals surface area contributed by atoms with Crippen molar-refractivity contribution in [3.05, 3.63) is 58.7 Å². The number of benzene rings is 1. The second kappa shape index (κ2) is 10.7. The quantitative estimate of drug-likeness (QED) is 0.408. The number of nitrogens with one attached hydrogen (secondary N) is 1. The molecule has 1 amide bonds. The number of alkyl halides is 3. The summed E-state index contributed by atoms with van der Waals surface area (Å²) in [6, 6.07) is 6.00. The minimum atomic E-state index is -4.57. The Kier molecular flexibility index (Phi) is 8.68. The SMILES string of the molecule is CC(C(=O)NCc1ccc(C(F)(F)F)nc1CCC(C)(C)C)c1ccc(N(C)[SH](=O)=O)c(F)c1. The lowest BCUT2D eigenvalue weighted by Crippen LogP contribution is -2.28. The molecule has 1 atom stereocenters. The van der Waals surface area contributed by atoms with Gasteiger partial charge in [0.15, 0.2) is 0 Å². The fourth-order valence-electron chi connectivity index (χ4n) is 3.19. The first-order chi connectivity index (χ1) is 15.6. The number of thiol groups is 1. The van der Waals surface area contributed by atoms with Gasteiger partial charge >= 0.3 is 6.18 Å². The highest BCUT2D eigenvalue weighted by atomic mass is 32.2. The molecular weight excluding hydrogens is 474 g/mol. The molecule has 0 aliphatic heterocycles. The molecule has 2 aromatic rings. The molecule has 0 saturated carbocycles. The average molecular weight is 504 g/mol. The Morgan fingerprint density at radius 2 is 1.79 bits per heavy atom. The van der Waals surface area contributed by atoms with Crippen molar-refractivity contribution in [2.75, 3.05) is 11.4 Å². The summed E-state index contributed by atoms with van der Waals surface area (Å²) in [6.07, 6.45) is -3.65. The smallest absolute Gasteiger partial charge is 0.351 e. The van der Waals surface area contributed by atoms with Crippen LogP contribution in [0.4, 0.5) is 23.2 Å². The van der Waals surface area contributed by atoms with Crippen LogP contribution in [0.1, 0.15) is 62.5 Å². The van der Waals surface area contributed by atoms with Crippen molar-refractivity contribution in [2.45, 2.75) is 59.2 Å². The van der Waals surface area contributed by atoms with E-state index < -0.39 is 40.4 Å². The van der Waals surface area contributed by atoms with Gasteiger partial charge < -0.3 is 5.32 Å². The minimum absolute atomic E-state index is 0.0340. The maximum atomic E-state index is 14.4. The molecule has 1 N–H and O–H groups in total. The summed E-state index contributed by atoms with van der Waals surface area (Å²) in [5, 5.41) is 2.68. The van der Waals surface area contributed by atoms with E-state index in [2.05, 4.69) is 10.3 Å². The van der Waals surface area contributed by atoms with E-state index >= 15 is 0 Å². The number of hydrogen-bond acceptors (Lipinski definition) is 4. The predicted octanol–water partition coefficient (Wildman–Crippen LogP) is 4.60. The van der Waals surface area contributed by atoms with Crippen molar-refractivity contribution < 1.29 is 30.8 Å². The fourth-order valence-corrected chi connectivity index (χ4v) is 3.53. The minimum Gasteiger partial charge on any atom is -0.351 e. The number of anilines is 1. The lowest BCUT2D eigenvalue weighted by atomic mass is 9.89. The predicted molar refractivity (Wildman–Crippen MR) is 122 cm³/mol. The summed E-state index contributed by atoms with van der Waals surface area (Å²) >= 11 is 0. The van der Waals surface area contributed by atoms with Crippen molar-refractivity contribution in [1.29, 1.82) is 0 Å². The highest BCUT2D eigenvalue weighted by Crippen LogP contribution is 2.30. The number of pyridine rings is 1. The molecule has 1 unspecified atom stereocenters. The molecule has 0 fully saturated rings. The number of rotatable bonds is 8. The third-order valence-corrected chi connectivity index (χ3v) is 6.09. The number of nitrogens with zero attached hydrogens (tertiary/aromatic N) is 2. The van der Waals surface area contributed by atoms with E-state index in [-0.39, 0.29) is 23.3 Å². The Hall–Kier alpha value is -2.69. The van der Waals surface area contributed by atoms with Gasteiger partial charge in [-0.1, -0.05) is 32.9 Å². The molecule has 0 bridgehead atoms. The number of aryl methyl sites for hydroxylation is 1. The van der Waals surface area contributed by atoms with E-state index in [0.717, 1.165) is 16.4 Å². The number of amides is 1. The molecule has 1 heterocycles. The molecule has 188 valence electrons. The van der Waals surface area contributed by atoms with Gasteiger partial charge in [-0.25, -0.2) is 17.8 Å². The van der Waals surface area contributed by atoms with Gasteiger partial charge in [-0.05, 0) is 54.5 Å². The monoisotopic (exact) mass is 503 g/mol. The normalized spacial score (nSPS) is 13.1. The van der Waals surface area contributed by atoms with Crippen LogP contribution in [-0.4, -0.2) is 26.4 Å². The van der Waals surface area contributed by atoms with E-state index in [0.29, 0.717) is 24.0 Å². The first-order valence-electron chi connectivity index (χ1n) is 10.6. The zero-order chi connectivity index (χ0) is 25.8. The number of carbonyl (C=O) groups excluding carboxylic acids is 1. The summed E-state index contributed by atoms with van der Waals surface area (Å²) in [5.41, 5.74) is -0.184. The van der Waals surface area contributed by atoms with Crippen LogP contribution >= 0.6 is 0 Å². The zero-order valence-corrected chi connectivity index (χ0v) is 20.6. The number of halogens is 4. The third-order valence-electron chi connectivity index (χ3n) is 5.38. The highest BCUT2D eigenvalue weighted by molar-refractivity contribution is 7.74. The lowest BCUT2D eigenvalue weighted by Gasteiger charge is -2.20. The standard InChI is InChI=1S/C23H29F4N3O3S/c1-14(15-6-8-19(17(24)12-15)30(5)34(32)33)21(31)28-13-16-7-9-20(23(25,26)27)29-18(16)10-11-22(2,3)4/h6-9,12,14,34H,10-11,13H2,1-5H3,(H,28,31). The molecule has 1 aromatic carbocycles. The Labute approximate surface area is 198 Å². The van der Waals surface area contributed by atoms with Crippen LogP contribution in [0.15, 0.2) is 30.3 Å². The molecule has 1 aromatic heterocycles. The van der Waals surface area contributed by atoms with Crippen LogP contribution in [0.2, 0.25) is 0 Å². The van der Waals surface area contributed by atoms with Crippen LogP contribution in [0, 0.1) is 11.2 Å². The summed E-state index contributed by atoms with van der Waals surface area (Å²) in [5.74, 6) is -2.04. The highest BCUT2D eigenvalue weighted by Gasteiger charge is 2.33. The summed E-state index contributed by atoms with van der Waals surface area (Å²) in [6.45, 7) is 7.43. The van der Waals surface area contributed by atoms with Crippen molar-refractivity contribution in [1.82, 2.24) is 10.3 Å². The summed E-state index contributed by atoms with van der Waals surface area (Å²) in [7, 11) is -1.81. The topological polar surface area (TPSA) is 79.4 Å². The maximum absolute atomic E-state index is 14.4. The third kappa shape index (κ3) is 7.41. The molecule has 0 aliphatic carbocycles. The second-order valence-electron chi connectivity index (χ2n) is 9.27. The van der Waals surface area contributed by atoms with Gasteiger partial charge in [0, 0.05) is 19.3 Å².